The number of hydrogen-bond donors (Lipinski definition) is 2. The summed E-state index contributed by atoms with van der Waals surface area (Å²) in [4.78, 5) is 4.49. The normalized spacial score (nSPS) is 11.3. The lowest BCUT2D eigenvalue weighted by Gasteiger charge is -2.13. The number of ether oxygens (including phenoxy) is 1. The van der Waals surface area contributed by atoms with Gasteiger partial charge in [0, 0.05) is 24.2 Å². The van der Waals surface area contributed by atoms with Crippen molar-refractivity contribution in [3.05, 3.63) is 46.3 Å². The Morgan fingerprint density at radius 3 is 2.61 bits per heavy atom. The number of aliphatic imine (C=N–C) groups is 1. The highest BCUT2D eigenvalue weighted by Crippen LogP contribution is 2.23. The number of benzene rings is 1. The van der Waals surface area contributed by atoms with E-state index in [0.29, 0.717) is 24.6 Å². The second-order valence-electron chi connectivity index (χ2n) is 6.16. The van der Waals surface area contributed by atoms with Crippen LogP contribution in [-0.4, -0.2) is 30.8 Å². The van der Waals surface area contributed by atoms with Crippen molar-refractivity contribution in [3.63, 3.8) is 0 Å². The fourth-order valence-corrected chi connectivity index (χ4v) is 2.71. The minimum Gasteiger partial charge on any atom is -0.434 e. The van der Waals surface area contributed by atoms with Gasteiger partial charge in [-0.25, -0.2) is 4.99 Å². The minimum absolute atomic E-state index is 0. The number of aromatic nitrogens is 1. The van der Waals surface area contributed by atoms with Crippen LogP contribution in [0.25, 0.3) is 0 Å². The van der Waals surface area contributed by atoms with E-state index < -0.39 is 6.61 Å². The minimum atomic E-state index is -2.86. The third kappa shape index (κ3) is 7.25. The molecule has 0 radical (unpaired) electrons. The molecule has 0 aliphatic heterocycles. The summed E-state index contributed by atoms with van der Waals surface area (Å²) in [5, 5.41) is 10.3. The Bertz CT molecular complexity index is 762. The molecule has 0 saturated carbocycles. The van der Waals surface area contributed by atoms with Gasteiger partial charge in [0.15, 0.2) is 5.96 Å². The zero-order valence-corrected chi connectivity index (χ0v) is 18.8. The van der Waals surface area contributed by atoms with Gasteiger partial charge in [0.05, 0.1) is 12.2 Å². The van der Waals surface area contributed by atoms with Crippen LogP contribution in [0.3, 0.4) is 0 Å². The van der Waals surface area contributed by atoms with E-state index in [2.05, 4.69) is 25.5 Å². The molecule has 28 heavy (non-hydrogen) atoms. The molecule has 1 aromatic carbocycles. The molecular weight excluding hydrogens is 481 g/mol. The molecule has 2 rings (SSSR count). The molecule has 9 heteroatoms. The van der Waals surface area contributed by atoms with Gasteiger partial charge in [-0.2, -0.15) is 8.78 Å². The molecule has 156 valence electrons. The SMILES string of the molecule is CCNC(=NCc1cc(C)ccc1OC(F)F)NCCc1c(C)noc1C.I. The zero-order valence-electron chi connectivity index (χ0n) is 16.5. The molecule has 0 unspecified atom stereocenters. The molecule has 0 bridgehead atoms. The summed E-state index contributed by atoms with van der Waals surface area (Å²) in [6, 6.07) is 5.08. The lowest BCUT2D eigenvalue weighted by atomic mass is 10.1. The van der Waals surface area contributed by atoms with Gasteiger partial charge < -0.3 is 19.9 Å². The second kappa shape index (κ2) is 11.8. The first-order chi connectivity index (χ1) is 12.9. The highest BCUT2D eigenvalue weighted by Gasteiger charge is 2.11. The Kier molecular flexibility index (Phi) is 10.2. The largest absolute Gasteiger partial charge is 0.434 e. The van der Waals surface area contributed by atoms with Gasteiger partial charge in [0.25, 0.3) is 0 Å². The third-order valence-corrected chi connectivity index (χ3v) is 4.03. The van der Waals surface area contributed by atoms with Gasteiger partial charge in [-0.1, -0.05) is 22.9 Å². The Morgan fingerprint density at radius 1 is 1.25 bits per heavy atom. The number of alkyl halides is 2. The molecule has 2 N–H and O–H groups in total. The summed E-state index contributed by atoms with van der Waals surface area (Å²) in [6.45, 7) is 6.34. The van der Waals surface area contributed by atoms with Crippen molar-refractivity contribution in [2.45, 2.75) is 47.3 Å². The summed E-state index contributed by atoms with van der Waals surface area (Å²) in [5.74, 6) is 1.56. The lowest BCUT2D eigenvalue weighted by molar-refractivity contribution is -0.0504. The standard InChI is InChI=1S/C19H26F2N4O2.HI/c1-5-22-19(23-9-8-16-13(3)25-27-14(16)4)24-11-15-10-12(2)6-7-17(15)26-18(20)21;/h6-7,10,18H,5,8-9,11H2,1-4H3,(H2,22,23,24);1H. The Morgan fingerprint density at radius 2 is 2.00 bits per heavy atom. The van der Waals surface area contributed by atoms with Crippen LogP contribution in [0, 0.1) is 20.8 Å². The van der Waals surface area contributed by atoms with Crippen molar-refractivity contribution >= 4 is 29.9 Å². The van der Waals surface area contributed by atoms with Crippen LogP contribution in [0.15, 0.2) is 27.7 Å². The maximum Gasteiger partial charge on any atom is 0.387 e. The van der Waals surface area contributed by atoms with Crippen molar-refractivity contribution in [2.75, 3.05) is 13.1 Å². The number of halogens is 3. The van der Waals surface area contributed by atoms with E-state index in [9.17, 15) is 8.78 Å². The maximum absolute atomic E-state index is 12.6. The van der Waals surface area contributed by atoms with E-state index in [1.165, 1.54) is 0 Å². The first-order valence-electron chi connectivity index (χ1n) is 8.89. The first-order valence-corrected chi connectivity index (χ1v) is 8.89. The van der Waals surface area contributed by atoms with E-state index in [-0.39, 0.29) is 36.3 Å². The van der Waals surface area contributed by atoms with Gasteiger partial charge in [-0.3, -0.25) is 0 Å². The fraction of sp³-hybridized carbons (Fsp3) is 0.474. The highest BCUT2D eigenvalue weighted by molar-refractivity contribution is 14.0. The molecule has 0 spiro atoms. The lowest BCUT2D eigenvalue weighted by Crippen LogP contribution is -2.38. The van der Waals surface area contributed by atoms with Gasteiger partial charge in [-0.15, -0.1) is 24.0 Å². The number of nitrogens with one attached hydrogen (secondary N) is 2. The summed E-state index contributed by atoms with van der Waals surface area (Å²) < 4.78 is 34.9. The number of hydrogen-bond acceptors (Lipinski definition) is 4. The van der Waals surface area contributed by atoms with E-state index in [1.807, 2.05) is 27.7 Å². The van der Waals surface area contributed by atoms with E-state index >= 15 is 0 Å². The molecule has 0 atom stereocenters. The number of aryl methyl sites for hydroxylation is 3. The molecular formula is C19H27F2IN4O2. The molecule has 0 saturated heterocycles. The average molecular weight is 508 g/mol. The van der Waals surface area contributed by atoms with Crippen LogP contribution in [0.4, 0.5) is 8.78 Å². The van der Waals surface area contributed by atoms with Crippen molar-refractivity contribution in [2.24, 2.45) is 4.99 Å². The third-order valence-electron chi connectivity index (χ3n) is 4.03. The summed E-state index contributed by atoms with van der Waals surface area (Å²) in [6.07, 6.45) is 0.746. The van der Waals surface area contributed by atoms with Gasteiger partial charge in [-0.05, 0) is 40.2 Å². The highest BCUT2D eigenvalue weighted by atomic mass is 127. The molecule has 0 amide bonds. The van der Waals surface area contributed by atoms with Crippen molar-refractivity contribution < 1.29 is 18.0 Å². The molecule has 0 fully saturated rings. The summed E-state index contributed by atoms with van der Waals surface area (Å²) >= 11 is 0. The van der Waals surface area contributed by atoms with Crippen LogP contribution in [0.2, 0.25) is 0 Å². The predicted octanol–water partition coefficient (Wildman–Crippen LogP) is 4.12. The molecule has 0 aliphatic rings. The average Bonchev–Trinajstić information content (AvgIpc) is 2.93. The number of nitrogens with zero attached hydrogens (tertiary/aromatic N) is 2. The van der Waals surface area contributed by atoms with Crippen molar-refractivity contribution in [1.82, 2.24) is 15.8 Å². The van der Waals surface area contributed by atoms with Crippen LogP contribution in [-0.2, 0) is 13.0 Å². The number of rotatable bonds is 8. The van der Waals surface area contributed by atoms with Gasteiger partial charge in [0.1, 0.15) is 11.5 Å². The zero-order chi connectivity index (χ0) is 19.8. The van der Waals surface area contributed by atoms with Gasteiger partial charge in [0.2, 0.25) is 0 Å². The Hall–Kier alpha value is -1.91. The topological polar surface area (TPSA) is 71.7 Å². The van der Waals surface area contributed by atoms with E-state index in [4.69, 9.17) is 4.52 Å². The smallest absolute Gasteiger partial charge is 0.387 e. The Labute approximate surface area is 181 Å². The van der Waals surface area contributed by atoms with Crippen molar-refractivity contribution in [3.8, 4) is 5.75 Å². The van der Waals surface area contributed by atoms with E-state index in [0.717, 1.165) is 29.0 Å². The molecule has 6 nitrogen and oxygen atoms in total. The van der Waals surface area contributed by atoms with Crippen LogP contribution in [0.1, 0.15) is 35.1 Å². The Balaban J connectivity index is 0.00000392. The molecule has 2 aromatic rings. The first kappa shape index (κ1) is 24.1. The molecule has 1 aromatic heterocycles. The maximum atomic E-state index is 12.6. The fourth-order valence-electron chi connectivity index (χ4n) is 2.71. The predicted molar refractivity (Wildman–Crippen MR) is 116 cm³/mol. The molecule has 0 aliphatic carbocycles. The van der Waals surface area contributed by atoms with Crippen LogP contribution in [0.5, 0.6) is 5.75 Å². The number of guanidine groups is 1. The monoisotopic (exact) mass is 508 g/mol. The quantitative estimate of drug-likeness (QED) is 0.319. The van der Waals surface area contributed by atoms with Crippen LogP contribution < -0.4 is 15.4 Å². The second-order valence-corrected chi connectivity index (χ2v) is 6.16. The molecule has 1 heterocycles. The van der Waals surface area contributed by atoms with Crippen LogP contribution >= 0.6 is 24.0 Å². The summed E-state index contributed by atoms with van der Waals surface area (Å²) in [7, 11) is 0. The van der Waals surface area contributed by atoms with Crippen molar-refractivity contribution in [1.29, 1.82) is 0 Å². The summed E-state index contributed by atoms with van der Waals surface area (Å²) in [5.41, 5.74) is 3.52. The van der Waals surface area contributed by atoms with E-state index in [1.54, 1.807) is 18.2 Å². The van der Waals surface area contributed by atoms with Gasteiger partial charge >= 0.3 is 6.61 Å².